The first-order valence-corrected chi connectivity index (χ1v) is 12.1. The van der Waals surface area contributed by atoms with Crippen LogP contribution in [0.5, 0.6) is 17.2 Å². The molecule has 0 aliphatic heterocycles. The molecular weight excluding hydrogens is 497 g/mol. The lowest BCUT2D eigenvalue weighted by Crippen LogP contribution is -2.20. The predicted octanol–water partition coefficient (Wildman–Crippen LogP) is 5.71. The number of nitrogens with zero attached hydrogens (tertiary/aromatic N) is 3. The fourth-order valence-electron chi connectivity index (χ4n) is 3.28. The molecule has 12 heteroatoms. The molecule has 1 unspecified atom stereocenters. The number of rotatable bonds is 11. The molecule has 2 aromatic carbocycles. The van der Waals surface area contributed by atoms with Crippen molar-refractivity contribution in [3.8, 4) is 17.2 Å². The van der Waals surface area contributed by atoms with Gasteiger partial charge in [-0.05, 0) is 37.1 Å². The topological polar surface area (TPSA) is 87.5 Å². The number of carbonyl (C=O) groups is 1. The van der Waals surface area contributed by atoms with Crippen molar-refractivity contribution in [2.75, 3.05) is 18.2 Å². The average molecular weight is 525 g/mol. The molecule has 1 aromatic heterocycles. The molecule has 194 valence electrons. The maximum Gasteiger partial charge on any atom is 0.573 e. The predicted molar refractivity (Wildman–Crippen MR) is 129 cm³/mol. The van der Waals surface area contributed by atoms with E-state index in [2.05, 4.69) is 20.3 Å². The van der Waals surface area contributed by atoms with Gasteiger partial charge >= 0.3 is 6.36 Å². The van der Waals surface area contributed by atoms with Crippen LogP contribution in [0.25, 0.3) is 0 Å². The van der Waals surface area contributed by atoms with Crippen LogP contribution in [0, 0.1) is 5.92 Å². The van der Waals surface area contributed by atoms with Crippen LogP contribution in [0.1, 0.15) is 32.7 Å². The van der Waals surface area contributed by atoms with Crippen LogP contribution < -0.4 is 19.5 Å². The molecule has 0 fully saturated rings. The van der Waals surface area contributed by atoms with E-state index in [4.69, 9.17) is 9.47 Å². The number of carbonyl (C=O) groups excluding carboxylic acids is 1. The Bertz CT molecular complexity index is 1170. The van der Waals surface area contributed by atoms with E-state index in [0.29, 0.717) is 29.0 Å². The fraction of sp³-hybridized carbons (Fsp3) is 0.375. The van der Waals surface area contributed by atoms with Crippen molar-refractivity contribution in [3.05, 3.63) is 54.4 Å². The van der Waals surface area contributed by atoms with Crippen molar-refractivity contribution in [2.24, 2.45) is 5.92 Å². The van der Waals surface area contributed by atoms with Crippen LogP contribution in [-0.2, 0) is 11.3 Å². The van der Waals surface area contributed by atoms with Gasteiger partial charge in [-0.25, -0.2) is 0 Å². The normalized spacial score (nSPS) is 12.3. The third-order valence-electron chi connectivity index (χ3n) is 4.73. The Kier molecular flexibility index (Phi) is 9.08. The lowest BCUT2D eigenvalue weighted by molar-refractivity contribution is -0.274. The van der Waals surface area contributed by atoms with E-state index in [9.17, 15) is 18.0 Å². The van der Waals surface area contributed by atoms with Crippen molar-refractivity contribution in [1.82, 2.24) is 14.8 Å². The molecule has 1 heterocycles. The number of ether oxygens (including phenoxy) is 3. The maximum atomic E-state index is 12.6. The van der Waals surface area contributed by atoms with Gasteiger partial charge in [0.1, 0.15) is 11.5 Å². The summed E-state index contributed by atoms with van der Waals surface area (Å²) in [6.07, 6.45) is -5.32. The Morgan fingerprint density at radius 3 is 2.50 bits per heavy atom. The van der Waals surface area contributed by atoms with Gasteiger partial charge in [-0.15, -0.1) is 23.4 Å². The highest BCUT2D eigenvalue weighted by Gasteiger charge is 2.32. The molecule has 0 saturated carbocycles. The molecule has 1 N–H and O–H groups in total. The minimum Gasteiger partial charge on any atom is -0.497 e. The average Bonchev–Trinajstić information content (AvgIpc) is 3.20. The quantitative estimate of drug-likeness (QED) is 0.322. The first kappa shape index (κ1) is 27.2. The van der Waals surface area contributed by atoms with Crippen molar-refractivity contribution in [2.45, 2.75) is 44.9 Å². The van der Waals surface area contributed by atoms with E-state index in [1.54, 1.807) is 13.2 Å². The maximum absolute atomic E-state index is 12.6. The molecular formula is C24H27F3N4O4S. The molecule has 0 aliphatic rings. The largest absolute Gasteiger partial charge is 0.573 e. The smallest absolute Gasteiger partial charge is 0.497 e. The fourth-order valence-corrected chi connectivity index (χ4v) is 4.03. The number of anilines is 1. The summed E-state index contributed by atoms with van der Waals surface area (Å²) in [5, 5.41) is 11.5. The van der Waals surface area contributed by atoms with Crippen LogP contribution in [0.4, 0.5) is 18.9 Å². The molecule has 0 bridgehead atoms. The molecule has 3 aromatic rings. The van der Waals surface area contributed by atoms with Crippen LogP contribution in [0.15, 0.2) is 53.7 Å². The highest BCUT2D eigenvalue weighted by Crippen LogP contribution is 2.31. The molecule has 36 heavy (non-hydrogen) atoms. The summed E-state index contributed by atoms with van der Waals surface area (Å²) in [7, 11) is 1.57. The minimum absolute atomic E-state index is 0.0786. The van der Waals surface area contributed by atoms with Crippen molar-refractivity contribution >= 4 is 23.4 Å². The van der Waals surface area contributed by atoms with E-state index < -0.39 is 24.1 Å². The number of alkyl halides is 3. The standard InChI is InChI=1S/C24H27F3N4O4S/c1-15(2)13-31-22(16(3)34-18-9-7-8-17(12-18)33-4)29-30-23(31)36-14-21(32)28-19-10-5-6-11-20(19)35-24(25,26)27/h5-12,15-16H,13-14H2,1-4H3,(H,28,32). The first-order chi connectivity index (χ1) is 17.1. The first-order valence-electron chi connectivity index (χ1n) is 11.1. The van der Waals surface area contributed by atoms with Crippen molar-refractivity contribution in [3.63, 3.8) is 0 Å². The molecule has 1 atom stereocenters. The van der Waals surface area contributed by atoms with Crippen molar-refractivity contribution in [1.29, 1.82) is 0 Å². The number of benzene rings is 2. The summed E-state index contributed by atoms with van der Waals surface area (Å²) in [5.74, 6) is 1.00. The number of methoxy groups -OCH3 is 1. The lowest BCUT2D eigenvalue weighted by Gasteiger charge is -2.18. The van der Waals surface area contributed by atoms with Gasteiger partial charge in [-0.3, -0.25) is 4.79 Å². The van der Waals surface area contributed by atoms with Crippen LogP contribution in [-0.4, -0.2) is 39.9 Å². The summed E-state index contributed by atoms with van der Waals surface area (Å²) in [4.78, 5) is 12.5. The third kappa shape index (κ3) is 7.80. The van der Waals surface area contributed by atoms with Gasteiger partial charge in [0.05, 0.1) is 18.6 Å². The zero-order valence-electron chi connectivity index (χ0n) is 20.2. The highest BCUT2D eigenvalue weighted by molar-refractivity contribution is 7.99. The van der Waals surface area contributed by atoms with Crippen LogP contribution >= 0.6 is 11.8 Å². The highest BCUT2D eigenvalue weighted by atomic mass is 32.2. The SMILES string of the molecule is COc1cccc(OC(C)c2nnc(SCC(=O)Nc3ccccc3OC(F)(F)F)n2CC(C)C)c1. The summed E-state index contributed by atoms with van der Waals surface area (Å²) < 4.78 is 55.1. The van der Waals surface area contributed by atoms with E-state index >= 15 is 0 Å². The molecule has 0 spiro atoms. The van der Waals surface area contributed by atoms with E-state index in [1.165, 1.54) is 18.2 Å². The number of thioether (sulfide) groups is 1. The van der Waals surface area contributed by atoms with Gasteiger partial charge in [0.25, 0.3) is 0 Å². The molecule has 3 rings (SSSR count). The Morgan fingerprint density at radius 1 is 1.08 bits per heavy atom. The third-order valence-corrected chi connectivity index (χ3v) is 5.70. The van der Waals surface area contributed by atoms with Gasteiger partial charge in [0.2, 0.25) is 5.91 Å². The van der Waals surface area contributed by atoms with Gasteiger partial charge < -0.3 is 24.1 Å². The molecule has 0 aliphatic carbocycles. The van der Waals surface area contributed by atoms with Gasteiger partial charge in [0, 0.05) is 12.6 Å². The monoisotopic (exact) mass is 524 g/mol. The van der Waals surface area contributed by atoms with E-state index in [0.717, 1.165) is 17.8 Å². The van der Waals surface area contributed by atoms with Gasteiger partial charge in [-0.2, -0.15) is 0 Å². The Morgan fingerprint density at radius 2 is 1.81 bits per heavy atom. The summed E-state index contributed by atoms with van der Waals surface area (Å²) in [6.45, 7) is 6.51. The van der Waals surface area contributed by atoms with E-state index in [1.807, 2.05) is 43.5 Å². The molecule has 8 nitrogen and oxygen atoms in total. The van der Waals surface area contributed by atoms with E-state index in [-0.39, 0.29) is 17.4 Å². The van der Waals surface area contributed by atoms with Crippen molar-refractivity contribution < 1.29 is 32.2 Å². The van der Waals surface area contributed by atoms with Crippen LogP contribution in [0.2, 0.25) is 0 Å². The number of nitrogens with one attached hydrogen (secondary N) is 1. The molecule has 1 amide bonds. The second kappa shape index (κ2) is 12.0. The number of amides is 1. The Labute approximate surface area is 211 Å². The minimum atomic E-state index is -4.87. The van der Waals surface area contributed by atoms with Gasteiger partial charge in [0.15, 0.2) is 22.8 Å². The molecule has 0 saturated heterocycles. The van der Waals surface area contributed by atoms with Crippen LogP contribution in [0.3, 0.4) is 0 Å². The Hall–Kier alpha value is -3.41. The van der Waals surface area contributed by atoms with Gasteiger partial charge in [-0.1, -0.05) is 43.8 Å². The second-order valence-electron chi connectivity index (χ2n) is 8.17. The second-order valence-corrected chi connectivity index (χ2v) is 9.11. The summed E-state index contributed by atoms with van der Waals surface area (Å²) in [5.41, 5.74) is -0.0786. The zero-order valence-corrected chi connectivity index (χ0v) is 21.0. The summed E-state index contributed by atoms with van der Waals surface area (Å²) >= 11 is 1.12. The number of para-hydroxylation sites is 2. The lowest BCUT2D eigenvalue weighted by atomic mass is 10.2. The Balaban J connectivity index is 1.70. The number of hydrogen-bond acceptors (Lipinski definition) is 7. The number of hydrogen-bond donors (Lipinski definition) is 1. The number of halogens is 3. The number of aromatic nitrogens is 3. The molecule has 0 radical (unpaired) electrons. The summed E-state index contributed by atoms with van der Waals surface area (Å²) in [6, 6.07) is 12.6. The zero-order chi connectivity index (χ0) is 26.3.